The molecule has 0 saturated carbocycles. The molecule has 108 valence electrons. The van der Waals surface area contributed by atoms with Gasteiger partial charge in [-0.25, -0.2) is 0 Å². The quantitative estimate of drug-likeness (QED) is 0.642. The average molecular weight is 351 g/mol. The van der Waals surface area contributed by atoms with E-state index in [1.54, 1.807) is 13.8 Å². The highest BCUT2D eigenvalue weighted by molar-refractivity contribution is 9.10. The molecule has 4 nitrogen and oxygen atoms in total. The molecule has 0 unspecified atom stereocenters. The molecule has 0 spiro atoms. The van der Waals surface area contributed by atoms with Crippen molar-refractivity contribution in [2.24, 2.45) is 0 Å². The van der Waals surface area contributed by atoms with Gasteiger partial charge in [-0.05, 0) is 39.0 Å². The van der Waals surface area contributed by atoms with E-state index in [-0.39, 0.29) is 6.16 Å². The van der Waals surface area contributed by atoms with Crippen LogP contribution in [0.1, 0.15) is 26.3 Å². The van der Waals surface area contributed by atoms with E-state index >= 15 is 0 Å². The molecule has 0 saturated heterocycles. The van der Waals surface area contributed by atoms with Crippen molar-refractivity contribution in [2.75, 3.05) is 19.8 Å². The second kappa shape index (κ2) is 8.05. The van der Waals surface area contributed by atoms with Crippen LogP contribution in [0.4, 0.5) is 0 Å². The summed E-state index contributed by atoms with van der Waals surface area (Å²) >= 11 is 3.41. The van der Waals surface area contributed by atoms with Crippen LogP contribution in [-0.4, -0.2) is 19.8 Å². The van der Waals surface area contributed by atoms with E-state index < -0.39 is 7.60 Å². The van der Waals surface area contributed by atoms with Gasteiger partial charge in [-0.15, -0.1) is 0 Å². The van der Waals surface area contributed by atoms with Gasteiger partial charge in [0.25, 0.3) is 0 Å². The molecule has 0 fully saturated rings. The maximum atomic E-state index is 12.5. The lowest BCUT2D eigenvalue weighted by Gasteiger charge is -2.18. The van der Waals surface area contributed by atoms with E-state index in [9.17, 15) is 4.57 Å². The number of rotatable bonds is 8. The molecular weight excluding hydrogens is 331 g/mol. The Labute approximate surface area is 123 Å². The molecule has 1 aromatic rings. The van der Waals surface area contributed by atoms with Gasteiger partial charge < -0.3 is 13.8 Å². The molecule has 1 rings (SSSR count). The van der Waals surface area contributed by atoms with Crippen LogP contribution < -0.4 is 4.74 Å². The molecule has 0 N–H and O–H groups in total. The lowest BCUT2D eigenvalue weighted by Crippen LogP contribution is -2.02. The Morgan fingerprint density at radius 2 is 1.74 bits per heavy atom. The van der Waals surface area contributed by atoms with Gasteiger partial charge in [0.1, 0.15) is 5.75 Å². The molecule has 0 aliphatic heterocycles. The monoisotopic (exact) mass is 350 g/mol. The Balaban J connectivity index is 3.00. The summed E-state index contributed by atoms with van der Waals surface area (Å²) in [5.41, 5.74) is 0.821. The van der Waals surface area contributed by atoms with Gasteiger partial charge in [0.15, 0.2) is 0 Å². The van der Waals surface area contributed by atoms with E-state index in [0.717, 1.165) is 10.0 Å². The molecule has 6 heteroatoms. The van der Waals surface area contributed by atoms with E-state index in [1.165, 1.54) is 0 Å². The zero-order valence-electron chi connectivity index (χ0n) is 11.5. The summed E-state index contributed by atoms with van der Waals surface area (Å²) in [6.45, 7) is 6.79. The molecular formula is C13H20BrO4P. The highest BCUT2D eigenvalue weighted by Gasteiger charge is 2.26. The van der Waals surface area contributed by atoms with E-state index in [4.69, 9.17) is 13.8 Å². The first-order valence-corrected chi connectivity index (χ1v) is 8.86. The number of halogens is 1. The standard InChI is InChI=1S/C13H20BrO4P/c1-4-16-13-8-7-12(14)9-11(13)10-19(15,17-5-2)18-6-3/h7-9H,4-6,10H2,1-3H3. The predicted molar refractivity (Wildman–Crippen MR) is 79.9 cm³/mol. The highest BCUT2D eigenvalue weighted by Crippen LogP contribution is 2.52. The van der Waals surface area contributed by atoms with Crippen LogP contribution >= 0.6 is 23.5 Å². The fraction of sp³-hybridized carbons (Fsp3) is 0.538. The van der Waals surface area contributed by atoms with Gasteiger partial charge in [0.05, 0.1) is 26.0 Å². The fourth-order valence-corrected chi connectivity index (χ4v) is 3.82. The summed E-state index contributed by atoms with van der Waals surface area (Å²) in [5, 5.41) is 0. The minimum absolute atomic E-state index is 0.212. The number of hydrogen-bond donors (Lipinski definition) is 0. The summed E-state index contributed by atoms with van der Waals surface area (Å²) in [7, 11) is -3.11. The van der Waals surface area contributed by atoms with Crippen molar-refractivity contribution in [3.63, 3.8) is 0 Å². The molecule has 0 bridgehead atoms. The van der Waals surface area contributed by atoms with Crippen LogP contribution in [0.5, 0.6) is 5.75 Å². The summed E-state index contributed by atoms with van der Waals surface area (Å²) in [4.78, 5) is 0. The lowest BCUT2D eigenvalue weighted by molar-refractivity contribution is 0.218. The topological polar surface area (TPSA) is 44.8 Å². The second-order valence-electron chi connectivity index (χ2n) is 3.79. The van der Waals surface area contributed by atoms with Crippen LogP contribution in [0, 0.1) is 0 Å². The Morgan fingerprint density at radius 3 is 2.26 bits per heavy atom. The zero-order chi connectivity index (χ0) is 14.3. The SMILES string of the molecule is CCOc1ccc(Br)cc1CP(=O)(OCC)OCC. The molecule has 0 aromatic heterocycles. The second-order valence-corrected chi connectivity index (χ2v) is 6.76. The Morgan fingerprint density at radius 1 is 1.11 bits per heavy atom. The minimum atomic E-state index is -3.11. The number of benzene rings is 1. The van der Waals surface area contributed by atoms with Crippen molar-refractivity contribution >= 4 is 23.5 Å². The van der Waals surface area contributed by atoms with Crippen molar-refractivity contribution in [2.45, 2.75) is 26.9 Å². The van der Waals surface area contributed by atoms with E-state index in [0.29, 0.717) is 25.6 Å². The molecule has 0 heterocycles. The third kappa shape index (κ3) is 5.27. The van der Waals surface area contributed by atoms with Crippen molar-refractivity contribution in [3.8, 4) is 5.75 Å². The largest absolute Gasteiger partial charge is 0.494 e. The maximum Gasteiger partial charge on any atom is 0.335 e. The molecule has 0 aliphatic carbocycles. The maximum absolute atomic E-state index is 12.5. The molecule has 0 radical (unpaired) electrons. The molecule has 0 atom stereocenters. The summed E-state index contributed by atoms with van der Waals surface area (Å²) < 4.78 is 29.6. The summed E-state index contributed by atoms with van der Waals surface area (Å²) in [6, 6.07) is 5.63. The Bertz CT molecular complexity index is 440. The molecule has 1 aromatic carbocycles. The molecule has 0 aliphatic rings. The van der Waals surface area contributed by atoms with Gasteiger partial charge in [0, 0.05) is 10.0 Å². The first kappa shape index (κ1) is 16.7. The smallest absolute Gasteiger partial charge is 0.335 e. The van der Waals surface area contributed by atoms with Crippen molar-refractivity contribution in [1.29, 1.82) is 0 Å². The van der Waals surface area contributed by atoms with Gasteiger partial charge in [-0.2, -0.15) is 0 Å². The number of ether oxygens (including phenoxy) is 1. The minimum Gasteiger partial charge on any atom is -0.494 e. The van der Waals surface area contributed by atoms with Gasteiger partial charge >= 0.3 is 7.60 Å². The normalized spacial score (nSPS) is 11.6. The lowest BCUT2D eigenvalue weighted by atomic mass is 10.2. The van der Waals surface area contributed by atoms with Gasteiger partial charge in [0.2, 0.25) is 0 Å². The van der Waals surface area contributed by atoms with Gasteiger partial charge in [-0.3, -0.25) is 4.57 Å². The van der Waals surface area contributed by atoms with Crippen LogP contribution in [0.2, 0.25) is 0 Å². The van der Waals surface area contributed by atoms with E-state index in [2.05, 4.69) is 15.9 Å². The molecule has 19 heavy (non-hydrogen) atoms. The zero-order valence-corrected chi connectivity index (χ0v) is 14.0. The average Bonchev–Trinajstić information content (AvgIpc) is 2.33. The predicted octanol–water partition coefficient (Wildman–Crippen LogP) is 4.61. The first-order chi connectivity index (χ1) is 9.04. The summed E-state index contributed by atoms with van der Waals surface area (Å²) in [6.07, 6.45) is 0.212. The third-order valence-electron chi connectivity index (χ3n) is 2.34. The van der Waals surface area contributed by atoms with Crippen LogP contribution in [0.25, 0.3) is 0 Å². The van der Waals surface area contributed by atoms with Crippen LogP contribution in [0.15, 0.2) is 22.7 Å². The number of hydrogen-bond acceptors (Lipinski definition) is 4. The van der Waals surface area contributed by atoms with Crippen molar-refractivity contribution in [3.05, 3.63) is 28.2 Å². The summed E-state index contributed by atoms with van der Waals surface area (Å²) in [5.74, 6) is 0.713. The Hall–Kier alpha value is -0.350. The third-order valence-corrected chi connectivity index (χ3v) is 4.86. The van der Waals surface area contributed by atoms with Crippen LogP contribution in [-0.2, 0) is 19.8 Å². The fourth-order valence-electron chi connectivity index (χ4n) is 1.70. The van der Waals surface area contributed by atoms with Crippen molar-refractivity contribution in [1.82, 2.24) is 0 Å². The van der Waals surface area contributed by atoms with E-state index in [1.807, 2.05) is 25.1 Å². The highest BCUT2D eigenvalue weighted by atomic mass is 79.9. The van der Waals surface area contributed by atoms with Gasteiger partial charge in [-0.1, -0.05) is 15.9 Å². The molecule has 0 amide bonds. The Kier molecular flexibility index (Phi) is 7.08. The first-order valence-electron chi connectivity index (χ1n) is 6.34. The van der Waals surface area contributed by atoms with Crippen molar-refractivity contribution < 1.29 is 18.3 Å². The van der Waals surface area contributed by atoms with Crippen LogP contribution in [0.3, 0.4) is 0 Å².